The SMILES string of the molecule is CCNc1nc(Cl)nc(NC(C)C)n1.CCOC(=O)C(C)OC(=O)c1cc(Oc2ccc(C(F)(F)F)cc2Cl)ccc1[N+](=O)[O-].CCc1cccc(C)c1N(C(=O)CCl)C(C)COC.C[S+](C)C.O=C(O)CNCP(=O)([O-])O. The molecular weight excluding hydrogens is 1140 g/mol. The molecular formula is C48H67Cl3F3N8O14PS. The summed E-state index contributed by atoms with van der Waals surface area (Å²) in [6, 6.07) is 11.7. The van der Waals surface area contributed by atoms with Crippen LogP contribution in [0.2, 0.25) is 10.3 Å². The lowest BCUT2D eigenvalue weighted by atomic mass is 10.0. The number of para-hydroxylation sites is 1. The Kier molecular flexibility index (Phi) is 34.0. The van der Waals surface area contributed by atoms with Gasteiger partial charge in [0.2, 0.25) is 23.1 Å². The van der Waals surface area contributed by atoms with Crippen molar-refractivity contribution in [3.05, 3.63) is 97.3 Å². The van der Waals surface area contributed by atoms with Crippen molar-refractivity contribution >= 4 is 100 Å². The predicted molar refractivity (Wildman–Crippen MR) is 294 cm³/mol. The molecule has 0 aliphatic rings. The molecule has 0 radical (unpaired) electrons. The number of alkyl halides is 4. The smallest absolute Gasteiger partial charge is 0.416 e. The molecule has 0 aliphatic carbocycles. The van der Waals surface area contributed by atoms with E-state index in [4.69, 9.17) is 63.8 Å². The number of benzene rings is 3. The molecule has 3 unspecified atom stereocenters. The number of rotatable bonds is 21. The van der Waals surface area contributed by atoms with Crippen LogP contribution in [0, 0.1) is 17.0 Å². The Morgan fingerprint density at radius 3 is 2.06 bits per heavy atom. The van der Waals surface area contributed by atoms with E-state index in [9.17, 15) is 51.9 Å². The highest BCUT2D eigenvalue weighted by Gasteiger charge is 2.32. The predicted octanol–water partition coefficient (Wildman–Crippen LogP) is 8.77. The van der Waals surface area contributed by atoms with Crippen LogP contribution in [0.3, 0.4) is 0 Å². The van der Waals surface area contributed by atoms with Crippen molar-refractivity contribution in [2.45, 2.75) is 86.2 Å². The average molecular weight is 1210 g/mol. The minimum absolute atomic E-state index is 0.0223. The number of esters is 2. The maximum absolute atomic E-state index is 12.8. The zero-order valence-electron chi connectivity index (χ0n) is 45.0. The fourth-order valence-electron chi connectivity index (χ4n) is 5.85. The van der Waals surface area contributed by atoms with Crippen LogP contribution in [-0.4, -0.2) is 136 Å². The average Bonchev–Trinajstić information content (AvgIpc) is 3.32. The Balaban J connectivity index is 0.00000107. The molecule has 1 heterocycles. The van der Waals surface area contributed by atoms with E-state index in [0.717, 1.165) is 60.1 Å². The fourth-order valence-corrected chi connectivity index (χ4v) is 6.76. The van der Waals surface area contributed by atoms with E-state index in [1.54, 1.807) is 18.9 Å². The number of ether oxygens (including phenoxy) is 4. The van der Waals surface area contributed by atoms with Crippen LogP contribution in [-0.2, 0) is 56.7 Å². The van der Waals surface area contributed by atoms with Gasteiger partial charge in [-0.2, -0.15) is 28.1 Å². The van der Waals surface area contributed by atoms with Crippen LogP contribution in [0.15, 0.2) is 54.6 Å². The van der Waals surface area contributed by atoms with Crippen molar-refractivity contribution in [1.29, 1.82) is 0 Å². The number of hydrogen-bond donors (Lipinski definition) is 5. The molecule has 3 atom stereocenters. The van der Waals surface area contributed by atoms with E-state index in [1.165, 1.54) is 6.92 Å². The summed E-state index contributed by atoms with van der Waals surface area (Å²) in [5.74, 6) is -2.65. The van der Waals surface area contributed by atoms with Gasteiger partial charge in [0.25, 0.3) is 5.69 Å². The molecule has 30 heteroatoms. The molecule has 4 aromatic rings. The second kappa shape index (κ2) is 36.6. The van der Waals surface area contributed by atoms with Gasteiger partial charge in [-0.25, -0.2) is 9.59 Å². The molecule has 1 aromatic heterocycles. The number of nitro groups is 1. The topological polar surface area (TPSA) is 307 Å². The third kappa shape index (κ3) is 28.9. The number of nitrogens with one attached hydrogen (secondary N) is 3. The van der Waals surface area contributed by atoms with Crippen molar-refractivity contribution in [2.24, 2.45) is 0 Å². The molecule has 4 rings (SSSR count). The zero-order valence-corrected chi connectivity index (χ0v) is 49.0. The number of anilines is 3. The van der Waals surface area contributed by atoms with E-state index >= 15 is 0 Å². The lowest BCUT2D eigenvalue weighted by Gasteiger charge is -2.31. The lowest BCUT2D eigenvalue weighted by molar-refractivity contribution is -0.385. The number of nitro benzene ring substituents is 1. The molecule has 22 nitrogen and oxygen atoms in total. The fraction of sp³-hybridized carbons (Fsp3) is 0.479. The highest BCUT2D eigenvalue weighted by molar-refractivity contribution is 7.94. The first-order chi connectivity index (χ1) is 36.3. The molecule has 0 bridgehead atoms. The van der Waals surface area contributed by atoms with Crippen LogP contribution < -0.4 is 30.5 Å². The van der Waals surface area contributed by atoms with Crippen molar-refractivity contribution in [2.75, 3.05) is 79.9 Å². The van der Waals surface area contributed by atoms with Crippen LogP contribution in [0.25, 0.3) is 0 Å². The van der Waals surface area contributed by atoms with Gasteiger partial charge < -0.3 is 53.9 Å². The standard InChI is InChI=1S/C19H15ClF3NO7.C15H22ClNO2.C8H14ClN5.C3H8NO5P.C3H9S/c1-3-29-17(25)10(2)30-18(26)13-9-12(5-6-15(13)24(27)28)31-16-7-4-11(8-14(16)20)19(21,22)23;1-5-13-8-6-7-11(2)15(13)17(14(18)9-16)12(3)10-19-4;1-4-10-7-12-6(9)13-8(14-7)11-5(2)3;5-3(6)1-4-2-10(7,8)9;1-4(2)3/h4-10H,3H2,1-2H3;6-8,12H,5,9-10H2,1-4H3;5H,4H2,1-3H3,(H2,10,11,12,13,14);4H,1-2H2,(H,5,6)(H2,7,8,9);1-3H3/q;;;;+1/p-1. The Morgan fingerprint density at radius 1 is 0.962 bits per heavy atom. The number of halogens is 6. The van der Waals surface area contributed by atoms with E-state index < -0.39 is 72.4 Å². The van der Waals surface area contributed by atoms with E-state index in [-0.39, 0.29) is 52.3 Å². The number of amides is 1. The van der Waals surface area contributed by atoms with Gasteiger partial charge in [0.05, 0.1) is 72.1 Å². The van der Waals surface area contributed by atoms with Crippen LogP contribution >= 0.6 is 42.4 Å². The normalized spacial score (nSPS) is 12.2. The van der Waals surface area contributed by atoms with Gasteiger partial charge in [0.15, 0.2) is 6.10 Å². The third-order valence-electron chi connectivity index (χ3n) is 8.90. The zero-order chi connectivity index (χ0) is 60.1. The minimum atomic E-state index is -4.61. The number of carbonyl (C=O) groups is 4. The van der Waals surface area contributed by atoms with Gasteiger partial charge >= 0.3 is 24.1 Å². The number of carboxylic acids is 1. The Morgan fingerprint density at radius 2 is 1.58 bits per heavy atom. The largest absolute Gasteiger partial charge is 0.778 e. The lowest BCUT2D eigenvalue weighted by Crippen LogP contribution is -2.43. The molecule has 5 N–H and O–H groups in total. The summed E-state index contributed by atoms with van der Waals surface area (Å²) in [5.41, 5.74) is 1.04. The molecule has 0 saturated carbocycles. The minimum Gasteiger partial charge on any atom is -0.778 e. The summed E-state index contributed by atoms with van der Waals surface area (Å²) >= 11 is 17.3. The number of methoxy groups -OCH3 is 1. The Labute approximate surface area is 469 Å². The summed E-state index contributed by atoms with van der Waals surface area (Å²) < 4.78 is 68.3. The van der Waals surface area contributed by atoms with Gasteiger partial charge in [-0.05, 0) is 113 Å². The third-order valence-corrected chi connectivity index (χ3v) is 10.2. The number of aryl methyl sites for hydroxylation is 2. The van der Waals surface area contributed by atoms with Gasteiger partial charge in [0, 0.05) is 31.8 Å². The second-order valence-electron chi connectivity index (χ2n) is 16.5. The molecule has 0 saturated heterocycles. The van der Waals surface area contributed by atoms with E-state index in [0.29, 0.717) is 35.5 Å². The Hall–Kier alpha value is -5.57. The van der Waals surface area contributed by atoms with E-state index in [2.05, 4.69) is 57.3 Å². The maximum Gasteiger partial charge on any atom is 0.416 e. The van der Waals surface area contributed by atoms with Crippen LogP contribution in [0.4, 0.5) is 36.4 Å². The van der Waals surface area contributed by atoms with Gasteiger partial charge in [-0.1, -0.05) is 36.7 Å². The molecule has 0 aliphatic heterocycles. The molecule has 3 aromatic carbocycles. The molecule has 1 amide bonds. The number of aromatic nitrogens is 3. The monoisotopic (exact) mass is 1200 g/mol. The quantitative estimate of drug-likeness (QED) is 0.0130. The molecule has 436 valence electrons. The van der Waals surface area contributed by atoms with Crippen molar-refractivity contribution in [1.82, 2.24) is 20.3 Å². The summed E-state index contributed by atoms with van der Waals surface area (Å²) in [7, 11) is -2.07. The van der Waals surface area contributed by atoms with Crippen LogP contribution in [0.5, 0.6) is 11.5 Å². The number of nitrogens with zero attached hydrogens (tertiary/aromatic N) is 5. The second-order valence-corrected chi connectivity index (χ2v) is 21.6. The summed E-state index contributed by atoms with van der Waals surface area (Å²) in [4.78, 5) is 88.1. The summed E-state index contributed by atoms with van der Waals surface area (Å²) in [5, 5.41) is 27.1. The Bertz CT molecular complexity index is 2610. The van der Waals surface area contributed by atoms with Crippen molar-refractivity contribution < 1.29 is 75.7 Å². The first-order valence-electron chi connectivity index (χ1n) is 23.3. The number of carbonyl (C=O) groups excluding carboxylic acids is 3. The van der Waals surface area contributed by atoms with Crippen molar-refractivity contribution in [3.8, 4) is 11.5 Å². The van der Waals surface area contributed by atoms with E-state index in [1.807, 2.05) is 52.1 Å². The number of aliphatic carboxylic acids is 1. The molecule has 78 heavy (non-hydrogen) atoms. The number of hydrogen-bond acceptors (Lipinski definition) is 18. The van der Waals surface area contributed by atoms with Crippen molar-refractivity contribution in [3.63, 3.8) is 0 Å². The van der Waals surface area contributed by atoms with Gasteiger partial charge in [0.1, 0.15) is 30.5 Å². The van der Waals surface area contributed by atoms with Crippen LogP contribution in [0.1, 0.15) is 75.5 Å². The molecule has 0 fully saturated rings. The number of carboxylic acid groups (broad SMARTS) is 1. The highest BCUT2D eigenvalue weighted by atomic mass is 35.5. The van der Waals surface area contributed by atoms with Gasteiger partial charge in [-0.3, -0.25) is 25.0 Å². The summed E-state index contributed by atoms with van der Waals surface area (Å²) in [6.07, 6.45) is 0.811. The first kappa shape index (κ1) is 72.4. The molecule has 0 spiro atoms. The maximum atomic E-state index is 12.8. The first-order valence-corrected chi connectivity index (χ1v) is 28.8. The summed E-state index contributed by atoms with van der Waals surface area (Å²) in [6.45, 7) is 15.6. The highest BCUT2D eigenvalue weighted by Crippen LogP contribution is 2.37. The van der Waals surface area contributed by atoms with Gasteiger partial charge in [-0.15, -0.1) is 11.6 Å².